The van der Waals surface area contributed by atoms with Gasteiger partial charge in [-0.3, -0.25) is 14.2 Å². The van der Waals surface area contributed by atoms with E-state index >= 15 is 0 Å². The highest BCUT2D eigenvalue weighted by atomic mass is 32.2. The predicted molar refractivity (Wildman–Crippen MR) is 129 cm³/mol. The van der Waals surface area contributed by atoms with E-state index < -0.39 is 5.41 Å². The third-order valence-corrected chi connectivity index (χ3v) is 5.93. The molecule has 0 aliphatic carbocycles. The van der Waals surface area contributed by atoms with Crippen molar-refractivity contribution >= 4 is 28.4 Å². The van der Waals surface area contributed by atoms with Gasteiger partial charge in [-0.2, -0.15) is 0 Å². The summed E-state index contributed by atoms with van der Waals surface area (Å²) in [4.78, 5) is 30.6. The van der Waals surface area contributed by atoms with Crippen molar-refractivity contribution in [1.29, 1.82) is 0 Å². The second-order valence-electron chi connectivity index (χ2n) is 8.42. The molecule has 0 saturated carbocycles. The van der Waals surface area contributed by atoms with E-state index in [2.05, 4.69) is 0 Å². The number of aromatic nitrogens is 2. The molecule has 0 N–H and O–H groups in total. The zero-order valence-corrected chi connectivity index (χ0v) is 19.1. The first-order valence-electron chi connectivity index (χ1n) is 10.3. The highest BCUT2D eigenvalue weighted by molar-refractivity contribution is 7.99. The van der Waals surface area contributed by atoms with Gasteiger partial charge in [0.05, 0.1) is 22.3 Å². The molecule has 0 amide bonds. The maximum atomic E-state index is 13.4. The number of ketones is 1. The lowest BCUT2D eigenvalue weighted by Crippen LogP contribution is -2.24. The van der Waals surface area contributed by atoms with Crippen molar-refractivity contribution in [2.75, 3.05) is 5.75 Å². The molecular weight excluding hydrogens is 420 g/mol. The Morgan fingerprint density at radius 2 is 1.53 bits per heavy atom. The number of rotatable bonds is 6. The molecule has 0 saturated heterocycles. The molecule has 4 rings (SSSR count). The van der Waals surface area contributed by atoms with Gasteiger partial charge in [-0.15, -0.1) is 0 Å². The zero-order chi connectivity index (χ0) is 22.7. The number of fused-ring (bicyclic) bond motifs is 1. The predicted octanol–water partition coefficient (Wildman–Crippen LogP) is 5.89. The van der Waals surface area contributed by atoms with Gasteiger partial charge in [-0.05, 0) is 48.5 Å². The van der Waals surface area contributed by atoms with Crippen molar-refractivity contribution in [2.45, 2.75) is 25.9 Å². The molecular formula is C26H24N2O3S. The van der Waals surface area contributed by atoms with Crippen molar-refractivity contribution in [2.24, 2.45) is 5.41 Å². The fraction of sp³-hybridized carbons (Fsp3) is 0.192. The lowest BCUT2D eigenvalue weighted by molar-refractivity contribution is -0.123. The van der Waals surface area contributed by atoms with Gasteiger partial charge in [0.1, 0.15) is 17.3 Å². The maximum absolute atomic E-state index is 13.4. The molecule has 0 fully saturated rings. The standard InChI is InChI=1S/C26H24N2O3S/c1-26(2,3)23(29)17-32-25-27-22-12-8-7-11-21(22)24(30)28(25)18-13-15-20(16-14-18)31-19-9-5-4-6-10-19/h4-16H,17H2,1-3H3. The molecule has 0 spiro atoms. The summed E-state index contributed by atoms with van der Waals surface area (Å²) in [7, 11) is 0. The van der Waals surface area contributed by atoms with E-state index in [1.54, 1.807) is 10.6 Å². The molecule has 4 aromatic rings. The van der Waals surface area contributed by atoms with E-state index in [0.717, 1.165) is 5.75 Å². The molecule has 162 valence electrons. The third-order valence-electron chi connectivity index (χ3n) is 4.99. The van der Waals surface area contributed by atoms with Crippen LogP contribution in [0.1, 0.15) is 20.8 Å². The van der Waals surface area contributed by atoms with Crippen LogP contribution >= 0.6 is 11.8 Å². The van der Waals surface area contributed by atoms with E-state index in [0.29, 0.717) is 27.5 Å². The molecule has 0 radical (unpaired) electrons. The number of nitrogens with zero attached hydrogens (tertiary/aromatic N) is 2. The van der Waals surface area contributed by atoms with Crippen molar-refractivity contribution < 1.29 is 9.53 Å². The van der Waals surface area contributed by atoms with Gasteiger partial charge in [-0.1, -0.05) is 62.9 Å². The number of carbonyl (C=O) groups is 1. The Balaban J connectivity index is 1.72. The molecule has 32 heavy (non-hydrogen) atoms. The summed E-state index contributed by atoms with van der Waals surface area (Å²) in [5, 5.41) is 1.02. The summed E-state index contributed by atoms with van der Waals surface area (Å²) in [5.74, 6) is 1.74. The van der Waals surface area contributed by atoms with E-state index in [4.69, 9.17) is 9.72 Å². The highest BCUT2D eigenvalue weighted by Gasteiger charge is 2.22. The second-order valence-corrected chi connectivity index (χ2v) is 9.37. The molecule has 0 aliphatic heterocycles. The van der Waals surface area contributed by atoms with E-state index in [1.807, 2.05) is 93.6 Å². The summed E-state index contributed by atoms with van der Waals surface area (Å²) < 4.78 is 7.43. The number of para-hydroxylation sites is 2. The van der Waals surface area contributed by atoms with E-state index in [9.17, 15) is 9.59 Å². The third kappa shape index (κ3) is 4.75. The van der Waals surface area contributed by atoms with Crippen LogP contribution in [-0.2, 0) is 4.79 Å². The Hall–Kier alpha value is -3.38. The van der Waals surface area contributed by atoms with Crippen LogP contribution in [0, 0.1) is 5.41 Å². The average molecular weight is 445 g/mol. The normalized spacial score (nSPS) is 11.5. The van der Waals surface area contributed by atoms with Crippen molar-refractivity contribution in [3.63, 3.8) is 0 Å². The molecule has 0 atom stereocenters. The summed E-state index contributed by atoms with van der Waals surface area (Å²) in [5.41, 5.74) is 0.659. The molecule has 0 unspecified atom stereocenters. The first-order chi connectivity index (χ1) is 15.3. The minimum Gasteiger partial charge on any atom is -0.457 e. The summed E-state index contributed by atoms with van der Waals surface area (Å²) in [6.45, 7) is 5.67. The number of Topliss-reactive ketones (excluding diaryl/α,β-unsaturated/α-hetero) is 1. The van der Waals surface area contributed by atoms with Gasteiger partial charge in [0.2, 0.25) is 0 Å². The molecule has 0 bridgehead atoms. The van der Waals surface area contributed by atoms with Gasteiger partial charge in [0.25, 0.3) is 5.56 Å². The number of carbonyl (C=O) groups excluding carboxylic acids is 1. The number of thioether (sulfide) groups is 1. The summed E-state index contributed by atoms with van der Waals surface area (Å²) >= 11 is 1.28. The maximum Gasteiger partial charge on any atom is 0.266 e. The van der Waals surface area contributed by atoms with Crippen LogP contribution in [0.15, 0.2) is 88.8 Å². The molecule has 0 aliphatic rings. The quantitative estimate of drug-likeness (QED) is 0.274. The summed E-state index contributed by atoms with van der Waals surface area (Å²) in [6, 6.07) is 24.0. The number of benzene rings is 3. The van der Waals surface area contributed by atoms with E-state index in [1.165, 1.54) is 11.8 Å². The smallest absolute Gasteiger partial charge is 0.266 e. The molecule has 6 heteroatoms. The lowest BCUT2D eigenvalue weighted by Gasteiger charge is -2.17. The Morgan fingerprint density at radius 1 is 0.906 bits per heavy atom. The van der Waals surface area contributed by atoms with Gasteiger partial charge in [-0.25, -0.2) is 4.98 Å². The van der Waals surface area contributed by atoms with Crippen LogP contribution in [-0.4, -0.2) is 21.1 Å². The molecule has 5 nitrogen and oxygen atoms in total. The van der Waals surface area contributed by atoms with Crippen LogP contribution < -0.4 is 10.3 Å². The Kier molecular flexibility index (Phi) is 6.15. The van der Waals surface area contributed by atoms with Gasteiger partial charge >= 0.3 is 0 Å². The van der Waals surface area contributed by atoms with Crippen LogP contribution in [0.25, 0.3) is 16.6 Å². The monoisotopic (exact) mass is 444 g/mol. The minimum absolute atomic E-state index is 0.100. The van der Waals surface area contributed by atoms with Gasteiger partial charge in [0, 0.05) is 5.41 Å². The number of ether oxygens (including phenoxy) is 1. The topological polar surface area (TPSA) is 61.2 Å². The zero-order valence-electron chi connectivity index (χ0n) is 18.2. The first kappa shape index (κ1) is 21.8. The Morgan fingerprint density at radius 3 is 2.22 bits per heavy atom. The lowest BCUT2D eigenvalue weighted by atomic mass is 9.92. The largest absolute Gasteiger partial charge is 0.457 e. The fourth-order valence-corrected chi connectivity index (χ4v) is 4.24. The van der Waals surface area contributed by atoms with Gasteiger partial charge in [0.15, 0.2) is 5.16 Å². The van der Waals surface area contributed by atoms with Crippen molar-refractivity contribution in [3.05, 3.63) is 89.2 Å². The van der Waals surface area contributed by atoms with E-state index in [-0.39, 0.29) is 17.1 Å². The van der Waals surface area contributed by atoms with Crippen molar-refractivity contribution in [1.82, 2.24) is 9.55 Å². The fourth-order valence-electron chi connectivity index (χ4n) is 3.07. The van der Waals surface area contributed by atoms with Gasteiger partial charge < -0.3 is 4.74 Å². The van der Waals surface area contributed by atoms with Crippen LogP contribution in [0.4, 0.5) is 0 Å². The number of hydrogen-bond acceptors (Lipinski definition) is 5. The first-order valence-corrected chi connectivity index (χ1v) is 11.3. The molecule has 1 heterocycles. The van der Waals surface area contributed by atoms with Crippen molar-refractivity contribution in [3.8, 4) is 17.2 Å². The minimum atomic E-state index is -0.453. The Labute approximate surface area is 191 Å². The number of hydrogen-bond donors (Lipinski definition) is 0. The van der Waals surface area contributed by atoms with Crippen LogP contribution in [0.5, 0.6) is 11.5 Å². The summed E-state index contributed by atoms with van der Waals surface area (Å²) in [6.07, 6.45) is 0. The molecule has 1 aromatic heterocycles. The molecule has 3 aromatic carbocycles. The highest BCUT2D eigenvalue weighted by Crippen LogP contribution is 2.27. The average Bonchev–Trinajstić information content (AvgIpc) is 2.78. The SMILES string of the molecule is CC(C)(C)C(=O)CSc1nc2ccccc2c(=O)n1-c1ccc(Oc2ccccc2)cc1. The van der Waals surface area contributed by atoms with Crippen LogP contribution in [0.2, 0.25) is 0 Å². The second kappa shape index (κ2) is 9.01. The Bertz CT molecular complexity index is 1310. The van der Waals surface area contributed by atoms with Crippen LogP contribution in [0.3, 0.4) is 0 Å².